The van der Waals surface area contributed by atoms with Gasteiger partial charge in [-0.05, 0) is 29.8 Å². The molecule has 0 fully saturated rings. The summed E-state index contributed by atoms with van der Waals surface area (Å²) in [4.78, 5) is 26.8. The minimum Gasteiger partial charge on any atom is -0.493 e. The summed E-state index contributed by atoms with van der Waals surface area (Å²) >= 11 is 0. The predicted molar refractivity (Wildman–Crippen MR) is 95.4 cm³/mol. The summed E-state index contributed by atoms with van der Waals surface area (Å²) in [6, 6.07) is 11.9. The van der Waals surface area contributed by atoms with Gasteiger partial charge in [0.15, 0.2) is 11.5 Å². The molecule has 0 radical (unpaired) electrons. The fourth-order valence-corrected chi connectivity index (χ4v) is 2.19. The maximum Gasteiger partial charge on any atom is 0.294 e. The quantitative estimate of drug-likeness (QED) is 0.442. The van der Waals surface area contributed by atoms with Crippen molar-refractivity contribution in [1.82, 2.24) is 0 Å². The Bertz CT molecular complexity index is 819. The van der Waals surface area contributed by atoms with Gasteiger partial charge in [0.1, 0.15) is 6.61 Å². The van der Waals surface area contributed by atoms with Crippen molar-refractivity contribution in [3.63, 3.8) is 0 Å². The summed E-state index contributed by atoms with van der Waals surface area (Å²) in [6.45, 7) is -0.247. The predicted octanol–water partition coefficient (Wildman–Crippen LogP) is 3.06. The third kappa shape index (κ3) is 5.23. The second kappa shape index (κ2) is 9.07. The molecule has 0 atom stereocenters. The topological polar surface area (TPSA) is 99.9 Å². The first-order valence-corrected chi connectivity index (χ1v) is 7.59. The van der Waals surface area contributed by atoms with Crippen LogP contribution in [0.25, 0.3) is 6.08 Å². The van der Waals surface area contributed by atoms with Gasteiger partial charge in [0.25, 0.3) is 5.09 Å². The fourth-order valence-electron chi connectivity index (χ4n) is 2.19. The SMILES string of the molecule is COc1ccc(C=CC(=O)Nc2ccccc2CO[N+](=O)[O-])cc1OC. The molecule has 0 aliphatic carbocycles. The van der Waals surface area contributed by atoms with Crippen molar-refractivity contribution in [3.8, 4) is 11.5 Å². The largest absolute Gasteiger partial charge is 0.493 e. The van der Waals surface area contributed by atoms with Crippen LogP contribution in [0.5, 0.6) is 11.5 Å². The summed E-state index contributed by atoms with van der Waals surface area (Å²) in [7, 11) is 3.07. The zero-order chi connectivity index (χ0) is 18.9. The molecule has 2 rings (SSSR count). The summed E-state index contributed by atoms with van der Waals surface area (Å²) in [5.74, 6) is 0.763. The minimum absolute atomic E-state index is 0.247. The van der Waals surface area contributed by atoms with Crippen LogP contribution in [-0.2, 0) is 16.2 Å². The third-order valence-electron chi connectivity index (χ3n) is 3.44. The number of ether oxygens (including phenoxy) is 2. The van der Waals surface area contributed by atoms with Crippen LogP contribution < -0.4 is 14.8 Å². The zero-order valence-corrected chi connectivity index (χ0v) is 14.3. The number of nitrogens with one attached hydrogen (secondary N) is 1. The highest BCUT2D eigenvalue weighted by atomic mass is 16.9. The average molecular weight is 358 g/mol. The van der Waals surface area contributed by atoms with Crippen LogP contribution in [-0.4, -0.2) is 25.2 Å². The molecule has 0 unspecified atom stereocenters. The number of rotatable bonds is 8. The van der Waals surface area contributed by atoms with Crippen molar-refractivity contribution < 1.29 is 24.2 Å². The van der Waals surface area contributed by atoms with E-state index in [0.29, 0.717) is 22.7 Å². The lowest BCUT2D eigenvalue weighted by Crippen LogP contribution is -2.11. The van der Waals surface area contributed by atoms with Gasteiger partial charge in [0.05, 0.1) is 14.2 Å². The number of nitrogens with zero attached hydrogens (tertiary/aromatic N) is 1. The standard InChI is InChI=1S/C18H18N2O6/c1-24-16-9-7-13(11-17(16)25-2)8-10-18(21)19-15-6-4-3-5-14(15)12-26-20(22)23/h3-11H,12H2,1-2H3,(H,19,21). The molecule has 1 N–H and O–H groups in total. The molecule has 0 aliphatic heterocycles. The lowest BCUT2D eigenvalue weighted by molar-refractivity contribution is -0.762. The smallest absolute Gasteiger partial charge is 0.294 e. The van der Waals surface area contributed by atoms with Gasteiger partial charge >= 0.3 is 0 Å². The third-order valence-corrected chi connectivity index (χ3v) is 3.44. The highest BCUT2D eigenvalue weighted by molar-refractivity contribution is 6.02. The maximum absolute atomic E-state index is 12.1. The molecule has 1 amide bonds. The maximum atomic E-state index is 12.1. The molecule has 0 heterocycles. The Kier molecular flexibility index (Phi) is 6.55. The molecule has 2 aromatic carbocycles. The van der Waals surface area contributed by atoms with E-state index < -0.39 is 5.09 Å². The number of para-hydroxylation sites is 1. The summed E-state index contributed by atoms with van der Waals surface area (Å²) in [5.41, 5.74) is 1.69. The highest BCUT2D eigenvalue weighted by Gasteiger charge is 2.07. The van der Waals surface area contributed by atoms with Gasteiger partial charge in [-0.1, -0.05) is 24.3 Å². The van der Waals surface area contributed by atoms with Crippen LogP contribution in [0.1, 0.15) is 11.1 Å². The highest BCUT2D eigenvalue weighted by Crippen LogP contribution is 2.28. The molecule has 26 heavy (non-hydrogen) atoms. The molecular formula is C18H18N2O6. The van der Waals surface area contributed by atoms with Crippen molar-refractivity contribution >= 4 is 17.7 Å². The first-order valence-electron chi connectivity index (χ1n) is 7.59. The molecule has 0 aliphatic rings. The van der Waals surface area contributed by atoms with E-state index in [-0.39, 0.29) is 12.5 Å². The lowest BCUT2D eigenvalue weighted by atomic mass is 10.1. The second-order valence-electron chi connectivity index (χ2n) is 5.09. The summed E-state index contributed by atoms with van der Waals surface area (Å²) in [5, 5.41) is 12.1. The number of anilines is 1. The molecule has 8 heteroatoms. The van der Waals surface area contributed by atoms with Gasteiger partial charge in [-0.15, -0.1) is 10.1 Å². The lowest BCUT2D eigenvalue weighted by Gasteiger charge is -2.09. The molecular weight excluding hydrogens is 340 g/mol. The monoisotopic (exact) mass is 358 g/mol. The molecule has 0 aromatic heterocycles. The Labute approximate surface area is 150 Å². The van der Waals surface area contributed by atoms with Crippen LogP contribution >= 0.6 is 0 Å². The number of carbonyl (C=O) groups excluding carboxylic acids is 1. The van der Waals surface area contributed by atoms with E-state index in [9.17, 15) is 14.9 Å². The Morgan fingerprint density at radius 2 is 1.88 bits per heavy atom. The molecule has 0 bridgehead atoms. The van der Waals surface area contributed by atoms with Crippen LogP contribution in [0.3, 0.4) is 0 Å². The van der Waals surface area contributed by atoms with E-state index in [1.54, 1.807) is 55.7 Å². The second-order valence-corrected chi connectivity index (χ2v) is 5.09. The Morgan fingerprint density at radius 1 is 1.15 bits per heavy atom. The van der Waals surface area contributed by atoms with Gasteiger partial charge in [0.2, 0.25) is 5.91 Å². The zero-order valence-electron chi connectivity index (χ0n) is 14.3. The number of carbonyl (C=O) groups is 1. The van der Waals surface area contributed by atoms with E-state index >= 15 is 0 Å². The van der Waals surface area contributed by atoms with Crippen molar-refractivity contribution in [1.29, 1.82) is 0 Å². The van der Waals surface area contributed by atoms with Crippen molar-refractivity contribution in [2.45, 2.75) is 6.61 Å². The van der Waals surface area contributed by atoms with Crippen LogP contribution in [0.4, 0.5) is 5.69 Å². The van der Waals surface area contributed by atoms with E-state index in [1.165, 1.54) is 13.2 Å². The van der Waals surface area contributed by atoms with Gasteiger partial charge < -0.3 is 19.6 Å². The number of amides is 1. The first kappa shape index (κ1) is 18.8. The van der Waals surface area contributed by atoms with Crippen molar-refractivity contribution in [2.24, 2.45) is 0 Å². The van der Waals surface area contributed by atoms with Crippen molar-refractivity contribution in [2.75, 3.05) is 19.5 Å². The number of methoxy groups -OCH3 is 2. The van der Waals surface area contributed by atoms with Gasteiger partial charge in [0, 0.05) is 17.3 Å². The van der Waals surface area contributed by atoms with E-state index in [4.69, 9.17) is 9.47 Å². The van der Waals surface area contributed by atoms with Crippen LogP contribution in [0.2, 0.25) is 0 Å². The molecule has 0 spiro atoms. The van der Waals surface area contributed by atoms with E-state index in [1.807, 2.05) is 0 Å². The molecule has 0 saturated carbocycles. The van der Waals surface area contributed by atoms with Gasteiger partial charge in [-0.25, -0.2) is 0 Å². The summed E-state index contributed by atoms with van der Waals surface area (Å²) < 4.78 is 10.4. The number of hydrogen-bond donors (Lipinski definition) is 1. The minimum atomic E-state index is -0.879. The molecule has 136 valence electrons. The van der Waals surface area contributed by atoms with Gasteiger partial charge in [-0.2, -0.15) is 0 Å². The molecule has 2 aromatic rings. The summed E-state index contributed by atoms with van der Waals surface area (Å²) in [6.07, 6.45) is 2.97. The van der Waals surface area contributed by atoms with Crippen LogP contribution in [0.15, 0.2) is 48.5 Å². The fraction of sp³-hybridized carbons (Fsp3) is 0.167. The van der Waals surface area contributed by atoms with Crippen LogP contribution in [0, 0.1) is 10.1 Å². The van der Waals surface area contributed by atoms with E-state index in [2.05, 4.69) is 10.2 Å². The first-order chi connectivity index (χ1) is 12.5. The van der Waals surface area contributed by atoms with E-state index in [0.717, 1.165) is 5.56 Å². The number of hydrogen-bond acceptors (Lipinski definition) is 6. The van der Waals surface area contributed by atoms with Gasteiger partial charge in [-0.3, -0.25) is 4.79 Å². The number of benzene rings is 2. The molecule has 8 nitrogen and oxygen atoms in total. The Hall–Kier alpha value is -3.55. The Morgan fingerprint density at radius 3 is 2.58 bits per heavy atom. The van der Waals surface area contributed by atoms with Crippen molar-refractivity contribution in [3.05, 3.63) is 69.8 Å². The molecule has 0 saturated heterocycles. The normalized spacial score (nSPS) is 10.4. The Balaban J connectivity index is 2.07. The average Bonchev–Trinajstić information content (AvgIpc) is 2.65.